The van der Waals surface area contributed by atoms with Crippen LogP contribution in [0, 0.1) is 6.92 Å². The molecule has 0 aliphatic heterocycles. The van der Waals surface area contributed by atoms with Crippen LogP contribution in [-0.4, -0.2) is 4.98 Å². The summed E-state index contributed by atoms with van der Waals surface area (Å²) in [6.45, 7) is 2.07. The predicted octanol–water partition coefficient (Wildman–Crippen LogP) is 5.47. The molecule has 1 heterocycles. The van der Waals surface area contributed by atoms with Crippen LogP contribution in [0.5, 0.6) is 0 Å². The Morgan fingerprint density at radius 2 is 1.50 bits per heavy atom. The van der Waals surface area contributed by atoms with E-state index in [4.69, 9.17) is 4.42 Å². The maximum atomic E-state index is 5.93. The lowest BCUT2D eigenvalue weighted by molar-refractivity contribution is 0.589. The highest BCUT2D eigenvalue weighted by atomic mass is 16.4. The standard InChI is InChI=1S/C20H15NO/c1-14-6-8-16(9-7-14)20-21-13-19(22-20)18-11-10-15-4-2-3-5-17(15)12-18/h2-13H,1H3. The van der Waals surface area contributed by atoms with E-state index in [2.05, 4.69) is 54.4 Å². The molecule has 0 amide bonds. The van der Waals surface area contributed by atoms with Crippen molar-refractivity contribution in [3.05, 3.63) is 78.5 Å². The van der Waals surface area contributed by atoms with Gasteiger partial charge in [-0.3, -0.25) is 0 Å². The zero-order valence-corrected chi connectivity index (χ0v) is 12.3. The normalized spacial score (nSPS) is 11.0. The van der Waals surface area contributed by atoms with E-state index < -0.39 is 0 Å². The molecule has 0 bridgehead atoms. The molecule has 4 aromatic rings. The number of hydrogen-bond acceptors (Lipinski definition) is 2. The molecule has 4 rings (SSSR count). The van der Waals surface area contributed by atoms with E-state index in [9.17, 15) is 0 Å². The highest BCUT2D eigenvalue weighted by Gasteiger charge is 2.08. The molecule has 0 radical (unpaired) electrons. The number of nitrogens with zero attached hydrogens (tertiary/aromatic N) is 1. The van der Waals surface area contributed by atoms with E-state index >= 15 is 0 Å². The molecule has 0 spiro atoms. The maximum Gasteiger partial charge on any atom is 0.226 e. The van der Waals surface area contributed by atoms with E-state index in [1.54, 1.807) is 6.20 Å². The van der Waals surface area contributed by atoms with Crippen LogP contribution in [-0.2, 0) is 0 Å². The Balaban J connectivity index is 1.74. The summed E-state index contributed by atoms with van der Waals surface area (Å²) in [6, 6.07) is 22.8. The molecule has 3 aromatic carbocycles. The van der Waals surface area contributed by atoms with Crippen molar-refractivity contribution in [1.82, 2.24) is 4.98 Å². The van der Waals surface area contributed by atoms with Crippen molar-refractivity contribution in [2.75, 3.05) is 0 Å². The van der Waals surface area contributed by atoms with Gasteiger partial charge >= 0.3 is 0 Å². The van der Waals surface area contributed by atoms with E-state index in [0.29, 0.717) is 5.89 Å². The third kappa shape index (κ3) is 2.29. The smallest absolute Gasteiger partial charge is 0.226 e. The fraction of sp³-hybridized carbons (Fsp3) is 0.0500. The second-order valence-electron chi connectivity index (χ2n) is 5.46. The summed E-state index contributed by atoms with van der Waals surface area (Å²) in [7, 11) is 0. The molecule has 2 heteroatoms. The average molecular weight is 285 g/mol. The van der Waals surface area contributed by atoms with Crippen LogP contribution >= 0.6 is 0 Å². The summed E-state index contributed by atoms with van der Waals surface area (Å²) in [5, 5.41) is 2.43. The van der Waals surface area contributed by atoms with E-state index in [1.165, 1.54) is 16.3 Å². The van der Waals surface area contributed by atoms with Gasteiger partial charge in [-0.25, -0.2) is 4.98 Å². The van der Waals surface area contributed by atoms with Gasteiger partial charge in [0.2, 0.25) is 5.89 Å². The molecule has 0 aliphatic carbocycles. The third-order valence-electron chi connectivity index (χ3n) is 3.84. The Labute approximate surface area is 129 Å². The first-order valence-electron chi connectivity index (χ1n) is 7.32. The zero-order chi connectivity index (χ0) is 14.9. The first-order chi connectivity index (χ1) is 10.8. The quantitative estimate of drug-likeness (QED) is 0.488. The van der Waals surface area contributed by atoms with Crippen LogP contribution in [0.1, 0.15) is 5.56 Å². The number of aromatic nitrogens is 1. The molecule has 0 saturated carbocycles. The topological polar surface area (TPSA) is 26.0 Å². The minimum atomic E-state index is 0.656. The number of fused-ring (bicyclic) bond motifs is 1. The number of aryl methyl sites for hydroxylation is 1. The molecule has 0 fully saturated rings. The Hall–Kier alpha value is -2.87. The van der Waals surface area contributed by atoms with Crippen molar-refractivity contribution < 1.29 is 4.42 Å². The summed E-state index contributed by atoms with van der Waals surface area (Å²) in [5.41, 5.74) is 3.27. The van der Waals surface area contributed by atoms with Gasteiger partial charge in [0.1, 0.15) is 0 Å². The molecule has 0 N–H and O–H groups in total. The van der Waals surface area contributed by atoms with Gasteiger partial charge in [-0.2, -0.15) is 0 Å². The minimum absolute atomic E-state index is 0.656. The highest BCUT2D eigenvalue weighted by Crippen LogP contribution is 2.28. The number of rotatable bonds is 2. The predicted molar refractivity (Wildman–Crippen MR) is 89.6 cm³/mol. The summed E-state index contributed by atoms with van der Waals surface area (Å²) in [5.74, 6) is 1.45. The van der Waals surface area contributed by atoms with Crippen LogP contribution in [0.2, 0.25) is 0 Å². The summed E-state index contributed by atoms with van der Waals surface area (Å²) < 4.78 is 5.93. The van der Waals surface area contributed by atoms with Crippen LogP contribution < -0.4 is 0 Å². The van der Waals surface area contributed by atoms with Crippen molar-refractivity contribution in [2.45, 2.75) is 6.92 Å². The molecular weight excluding hydrogens is 270 g/mol. The fourth-order valence-corrected chi connectivity index (χ4v) is 2.58. The number of benzene rings is 3. The van der Waals surface area contributed by atoms with E-state index in [1.807, 2.05) is 24.3 Å². The molecular formula is C20H15NO. The Morgan fingerprint density at radius 1 is 0.773 bits per heavy atom. The zero-order valence-electron chi connectivity index (χ0n) is 12.3. The van der Waals surface area contributed by atoms with Crippen molar-refractivity contribution >= 4 is 10.8 Å². The molecule has 22 heavy (non-hydrogen) atoms. The molecule has 106 valence electrons. The molecule has 0 unspecified atom stereocenters. The first-order valence-corrected chi connectivity index (χ1v) is 7.32. The number of oxazole rings is 1. The van der Waals surface area contributed by atoms with Crippen molar-refractivity contribution in [2.24, 2.45) is 0 Å². The van der Waals surface area contributed by atoms with Crippen LogP contribution in [0.25, 0.3) is 33.6 Å². The van der Waals surface area contributed by atoms with Crippen LogP contribution in [0.15, 0.2) is 77.3 Å². The third-order valence-corrected chi connectivity index (χ3v) is 3.84. The first kappa shape index (κ1) is 12.8. The Morgan fingerprint density at radius 3 is 2.32 bits per heavy atom. The Kier molecular flexibility index (Phi) is 3.01. The lowest BCUT2D eigenvalue weighted by Crippen LogP contribution is -1.77. The summed E-state index contributed by atoms with van der Waals surface area (Å²) in [6.07, 6.45) is 1.79. The maximum absolute atomic E-state index is 5.93. The lowest BCUT2D eigenvalue weighted by atomic mass is 10.1. The van der Waals surface area contributed by atoms with Gasteiger partial charge in [-0.15, -0.1) is 0 Å². The number of hydrogen-bond donors (Lipinski definition) is 0. The van der Waals surface area contributed by atoms with E-state index in [-0.39, 0.29) is 0 Å². The molecule has 2 nitrogen and oxygen atoms in total. The lowest BCUT2D eigenvalue weighted by Gasteiger charge is -2.01. The van der Waals surface area contributed by atoms with Gasteiger partial charge in [-0.05, 0) is 35.9 Å². The summed E-state index contributed by atoms with van der Waals surface area (Å²) >= 11 is 0. The van der Waals surface area contributed by atoms with Gasteiger partial charge in [0.25, 0.3) is 0 Å². The SMILES string of the molecule is Cc1ccc(-c2ncc(-c3ccc4ccccc4c3)o2)cc1. The fourth-order valence-electron chi connectivity index (χ4n) is 2.58. The molecule has 0 aliphatic rings. The monoisotopic (exact) mass is 285 g/mol. The minimum Gasteiger partial charge on any atom is -0.436 e. The van der Waals surface area contributed by atoms with Gasteiger partial charge in [0.15, 0.2) is 5.76 Å². The van der Waals surface area contributed by atoms with Crippen LogP contribution in [0.4, 0.5) is 0 Å². The molecule has 0 saturated heterocycles. The molecule has 0 atom stereocenters. The van der Waals surface area contributed by atoms with Gasteiger partial charge in [0, 0.05) is 11.1 Å². The summed E-state index contributed by atoms with van der Waals surface area (Å²) in [4.78, 5) is 4.41. The van der Waals surface area contributed by atoms with Crippen molar-refractivity contribution in [1.29, 1.82) is 0 Å². The van der Waals surface area contributed by atoms with Gasteiger partial charge in [-0.1, -0.05) is 54.1 Å². The van der Waals surface area contributed by atoms with Crippen molar-refractivity contribution in [3.8, 4) is 22.8 Å². The van der Waals surface area contributed by atoms with Gasteiger partial charge in [0.05, 0.1) is 6.20 Å². The van der Waals surface area contributed by atoms with Gasteiger partial charge < -0.3 is 4.42 Å². The highest BCUT2D eigenvalue weighted by molar-refractivity contribution is 5.86. The Bertz CT molecular complexity index is 935. The van der Waals surface area contributed by atoms with E-state index in [0.717, 1.165) is 16.9 Å². The molecule has 1 aromatic heterocycles. The largest absolute Gasteiger partial charge is 0.436 e. The van der Waals surface area contributed by atoms with Crippen molar-refractivity contribution in [3.63, 3.8) is 0 Å². The van der Waals surface area contributed by atoms with Crippen LogP contribution in [0.3, 0.4) is 0 Å². The second kappa shape index (κ2) is 5.15. The second-order valence-corrected chi connectivity index (χ2v) is 5.46. The average Bonchev–Trinajstić information content (AvgIpc) is 3.05.